The summed E-state index contributed by atoms with van der Waals surface area (Å²) in [6, 6.07) is 11.4. The second-order valence-corrected chi connectivity index (χ2v) is 10.2. The van der Waals surface area contributed by atoms with Gasteiger partial charge < -0.3 is 14.4 Å². The fourth-order valence-electron chi connectivity index (χ4n) is 3.45. The van der Waals surface area contributed by atoms with Gasteiger partial charge >= 0.3 is 11.1 Å². The van der Waals surface area contributed by atoms with E-state index in [-0.39, 0.29) is 36.7 Å². The summed E-state index contributed by atoms with van der Waals surface area (Å²) in [6.07, 6.45) is -1.13. The number of aliphatic hydroxyl groups excluding tert-OH is 1. The molecule has 11 heteroatoms. The van der Waals surface area contributed by atoms with Crippen LogP contribution in [-0.4, -0.2) is 53.8 Å². The predicted molar refractivity (Wildman–Crippen MR) is 126 cm³/mol. The average molecular weight is 496 g/mol. The first kappa shape index (κ1) is 25.1. The zero-order valence-corrected chi connectivity index (χ0v) is 20.1. The van der Waals surface area contributed by atoms with E-state index in [9.17, 15) is 23.1 Å². The van der Waals surface area contributed by atoms with Gasteiger partial charge in [-0.3, -0.25) is 14.2 Å². The Kier molecular flexibility index (Phi) is 7.76. The Labute approximate surface area is 196 Å². The minimum Gasteiger partial charge on any atom is -0.389 e. The average Bonchev–Trinajstić information content (AvgIpc) is 2.78. The molecule has 0 amide bonds. The zero-order chi connectivity index (χ0) is 24.3. The van der Waals surface area contributed by atoms with Gasteiger partial charge in [-0.15, -0.1) is 0 Å². The van der Waals surface area contributed by atoms with Crippen molar-refractivity contribution in [2.75, 3.05) is 20.7 Å². The van der Waals surface area contributed by atoms with Gasteiger partial charge in [-0.2, -0.15) is 0 Å². The van der Waals surface area contributed by atoms with Crippen molar-refractivity contribution >= 4 is 32.7 Å². The molecule has 1 N–H and O–H groups in total. The maximum atomic E-state index is 12.8. The van der Waals surface area contributed by atoms with Gasteiger partial charge in [-0.1, -0.05) is 29.8 Å². The topological polar surface area (TPSA) is 111 Å². The molecule has 0 bridgehead atoms. The molecule has 0 saturated carbocycles. The number of rotatable bonds is 9. The van der Waals surface area contributed by atoms with Crippen LogP contribution in [0.15, 0.2) is 56.9 Å². The number of aliphatic hydroxyl groups is 1. The first-order valence-electron chi connectivity index (χ1n) is 10.3. The van der Waals surface area contributed by atoms with Gasteiger partial charge in [0.25, 0.3) is 0 Å². The summed E-state index contributed by atoms with van der Waals surface area (Å²) in [5.41, 5.74) is -0.233. The van der Waals surface area contributed by atoms with Gasteiger partial charge in [0.05, 0.1) is 41.8 Å². The molecule has 3 aromatic rings. The van der Waals surface area contributed by atoms with Crippen molar-refractivity contribution in [1.29, 1.82) is 0 Å². The van der Waals surface area contributed by atoms with E-state index in [1.165, 1.54) is 36.9 Å². The van der Waals surface area contributed by atoms with Crippen LogP contribution in [0.2, 0.25) is 5.02 Å². The Balaban J connectivity index is 1.96. The highest BCUT2D eigenvalue weighted by atomic mass is 35.5. The number of aromatic nitrogens is 2. The number of aryl methyl sites for hydroxylation is 1. The van der Waals surface area contributed by atoms with Crippen LogP contribution in [0, 0.1) is 0 Å². The van der Waals surface area contributed by atoms with Crippen molar-refractivity contribution in [1.82, 2.24) is 13.4 Å². The molecule has 33 heavy (non-hydrogen) atoms. The van der Waals surface area contributed by atoms with Crippen LogP contribution in [0.3, 0.4) is 0 Å². The van der Waals surface area contributed by atoms with E-state index in [2.05, 4.69) is 0 Å². The molecule has 0 fully saturated rings. The summed E-state index contributed by atoms with van der Waals surface area (Å²) in [5.74, 6) is 0. The third-order valence-corrected chi connectivity index (χ3v) is 7.40. The molecule has 0 aliphatic heterocycles. The summed E-state index contributed by atoms with van der Waals surface area (Å²) in [4.78, 5) is 25.4. The Morgan fingerprint density at radius 3 is 2.36 bits per heavy atom. The third kappa shape index (κ3) is 5.20. The van der Waals surface area contributed by atoms with E-state index in [1.807, 2.05) is 6.07 Å². The van der Waals surface area contributed by atoms with Crippen molar-refractivity contribution in [3.63, 3.8) is 0 Å². The summed E-state index contributed by atoms with van der Waals surface area (Å²) >= 11 is 6.10. The number of hydrogen-bond donors (Lipinski definition) is 1. The predicted octanol–water partition coefficient (Wildman–Crippen LogP) is 1.66. The summed E-state index contributed by atoms with van der Waals surface area (Å²) in [7, 11) is -0.969. The summed E-state index contributed by atoms with van der Waals surface area (Å²) in [6.45, 7) is 1.74. The molecule has 2 aromatic carbocycles. The first-order valence-corrected chi connectivity index (χ1v) is 12.1. The van der Waals surface area contributed by atoms with Crippen LogP contribution in [0.1, 0.15) is 12.5 Å². The number of hydrogen-bond acceptors (Lipinski definition) is 6. The molecule has 0 saturated heterocycles. The van der Waals surface area contributed by atoms with Crippen LogP contribution >= 0.6 is 11.6 Å². The number of benzene rings is 2. The molecule has 0 aliphatic carbocycles. The number of nitrogens with zero attached hydrogens (tertiary/aromatic N) is 3. The maximum Gasteiger partial charge on any atom is 0.317 e. The number of halogens is 1. The lowest BCUT2D eigenvalue weighted by Crippen LogP contribution is -2.43. The van der Waals surface area contributed by atoms with Gasteiger partial charge in [-0.25, -0.2) is 12.7 Å². The highest BCUT2D eigenvalue weighted by molar-refractivity contribution is 7.89. The lowest BCUT2D eigenvalue weighted by molar-refractivity contribution is 0.0204. The highest BCUT2D eigenvalue weighted by Crippen LogP contribution is 2.20. The minimum absolute atomic E-state index is 0.0288. The normalized spacial score (nSPS) is 13.0. The SMILES string of the molecule is CCn1c(=O)c(=O)n(CC(O)COCc2ccccc2Cl)c2cc(S(=O)(=O)N(C)C)ccc21. The lowest BCUT2D eigenvalue weighted by Gasteiger charge is -2.19. The van der Waals surface area contributed by atoms with E-state index < -0.39 is 27.2 Å². The third-order valence-electron chi connectivity index (χ3n) is 5.22. The second-order valence-electron chi connectivity index (χ2n) is 7.66. The Hall–Kier alpha value is -2.50. The summed E-state index contributed by atoms with van der Waals surface area (Å²) < 4.78 is 34.2. The van der Waals surface area contributed by atoms with Gasteiger partial charge in [0.2, 0.25) is 10.0 Å². The van der Waals surface area contributed by atoms with Gasteiger partial charge in [-0.05, 0) is 36.8 Å². The standard InChI is InChI=1S/C22H26ClN3O6S/c1-4-25-19-10-9-17(33(30,31)24(2)3)11-20(19)26(22(29)21(25)28)12-16(27)14-32-13-15-7-5-6-8-18(15)23/h5-11,16,27H,4,12-14H2,1-3H3. The fourth-order valence-corrected chi connectivity index (χ4v) is 4.56. The van der Waals surface area contributed by atoms with Crippen LogP contribution in [-0.2, 0) is 34.5 Å². The molecule has 1 heterocycles. The Morgan fingerprint density at radius 2 is 1.73 bits per heavy atom. The smallest absolute Gasteiger partial charge is 0.317 e. The molecular weight excluding hydrogens is 470 g/mol. The van der Waals surface area contributed by atoms with Crippen LogP contribution in [0.4, 0.5) is 0 Å². The van der Waals surface area contributed by atoms with Gasteiger partial charge in [0.1, 0.15) is 0 Å². The fraction of sp³-hybridized carbons (Fsp3) is 0.364. The Bertz CT molecular complexity index is 1380. The highest BCUT2D eigenvalue weighted by Gasteiger charge is 2.21. The molecule has 1 aromatic heterocycles. The summed E-state index contributed by atoms with van der Waals surface area (Å²) in [5, 5.41) is 11.0. The molecular formula is C22H26ClN3O6S. The van der Waals surface area contributed by atoms with Crippen molar-refractivity contribution < 1.29 is 18.3 Å². The molecule has 0 spiro atoms. The minimum atomic E-state index is -3.77. The van der Waals surface area contributed by atoms with E-state index in [0.717, 1.165) is 14.4 Å². The second kappa shape index (κ2) is 10.2. The van der Waals surface area contributed by atoms with Crippen LogP contribution in [0.5, 0.6) is 0 Å². The van der Waals surface area contributed by atoms with Crippen LogP contribution in [0.25, 0.3) is 11.0 Å². The molecule has 3 rings (SSSR count). The Morgan fingerprint density at radius 1 is 1.06 bits per heavy atom. The molecule has 1 atom stereocenters. The van der Waals surface area contributed by atoms with Crippen LogP contribution < -0.4 is 11.1 Å². The van der Waals surface area contributed by atoms with E-state index >= 15 is 0 Å². The molecule has 1 unspecified atom stereocenters. The lowest BCUT2D eigenvalue weighted by atomic mass is 10.2. The van der Waals surface area contributed by atoms with Crippen molar-refractivity contribution in [3.8, 4) is 0 Å². The first-order chi connectivity index (χ1) is 15.6. The van der Waals surface area contributed by atoms with Crippen molar-refractivity contribution in [2.45, 2.75) is 37.6 Å². The number of sulfonamides is 1. The zero-order valence-electron chi connectivity index (χ0n) is 18.6. The number of ether oxygens (including phenoxy) is 1. The van der Waals surface area contributed by atoms with E-state index in [4.69, 9.17) is 16.3 Å². The van der Waals surface area contributed by atoms with Gasteiger partial charge in [0, 0.05) is 25.7 Å². The molecule has 0 aliphatic rings. The van der Waals surface area contributed by atoms with Crippen molar-refractivity contribution in [3.05, 3.63) is 73.8 Å². The quantitative estimate of drug-likeness (QED) is 0.452. The van der Waals surface area contributed by atoms with E-state index in [1.54, 1.807) is 25.1 Å². The molecule has 9 nitrogen and oxygen atoms in total. The van der Waals surface area contributed by atoms with Crippen molar-refractivity contribution in [2.24, 2.45) is 0 Å². The monoisotopic (exact) mass is 495 g/mol. The largest absolute Gasteiger partial charge is 0.389 e. The molecule has 178 valence electrons. The van der Waals surface area contributed by atoms with Gasteiger partial charge in [0.15, 0.2) is 0 Å². The molecule has 0 radical (unpaired) electrons. The number of fused-ring (bicyclic) bond motifs is 1. The van der Waals surface area contributed by atoms with E-state index in [0.29, 0.717) is 10.5 Å². The maximum absolute atomic E-state index is 12.8.